The van der Waals surface area contributed by atoms with Gasteiger partial charge >= 0.3 is 0 Å². The second kappa shape index (κ2) is 8.67. The molecule has 0 radical (unpaired) electrons. The highest BCUT2D eigenvalue weighted by Crippen LogP contribution is 2.31. The first-order valence-electron chi connectivity index (χ1n) is 9.37. The van der Waals surface area contributed by atoms with Crippen LogP contribution in [-0.4, -0.2) is 49.5 Å². The first-order chi connectivity index (χ1) is 14.3. The van der Waals surface area contributed by atoms with Crippen LogP contribution in [0.3, 0.4) is 0 Å². The Balaban J connectivity index is 1.61. The van der Waals surface area contributed by atoms with Crippen LogP contribution in [-0.2, 0) is 23.0 Å². The van der Waals surface area contributed by atoms with Gasteiger partial charge in [-0.25, -0.2) is 27.9 Å². The molecule has 1 aliphatic heterocycles. The molecular formula is C19H22FN5O2S3. The Labute approximate surface area is 183 Å². The quantitative estimate of drug-likeness (QED) is 0.574. The van der Waals surface area contributed by atoms with Crippen molar-refractivity contribution in [2.24, 2.45) is 5.14 Å². The van der Waals surface area contributed by atoms with Crippen LogP contribution in [0.1, 0.15) is 22.7 Å². The van der Waals surface area contributed by atoms with Crippen molar-refractivity contribution in [1.82, 2.24) is 14.9 Å². The van der Waals surface area contributed by atoms with Crippen molar-refractivity contribution in [3.63, 3.8) is 0 Å². The molecule has 1 atom stereocenters. The molecule has 2 N–H and O–H groups in total. The minimum Gasteiger partial charge on any atom is -0.370 e. The normalized spacial score (nSPS) is 17.5. The predicted molar refractivity (Wildman–Crippen MR) is 117 cm³/mol. The zero-order chi connectivity index (χ0) is 21.3. The van der Waals surface area contributed by atoms with Gasteiger partial charge < -0.3 is 4.90 Å². The largest absolute Gasteiger partial charge is 0.370 e. The van der Waals surface area contributed by atoms with E-state index in [1.165, 1.54) is 23.5 Å². The number of thiazole rings is 2. The summed E-state index contributed by atoms with van der Waals surface area (Å²) in [5.41, 5.74) is 3.87. The molecule has 3 aromatic rings. The lowest BCUT2D eigenvalue weighted by Gasteiger charge is -2.29. The summed E-state index contributed by atoms with van der Waals surface area (Å²) in [6.07, 6.45) is 3.14. The molecule has 1 fully saturated rings. The summed E-state index contributed by atoms with van der Waals surface area (Å²) < 4.78 is 38.3. The average Bonchev–Trinajstić information content (AvgIpc) is 3.45. The van der Waals surface area contributed by atoms with Crippen LogP contribution in [0.2, 0.25) is 0 Å². The lowest BCUT2D eigenvalue weighted by molar-refractivity contribution is 0.325. The first kappa shape index (κ1) is 21.3. The van der Waals surface area contributed by atoms with E-state index in [2.05, 4.69) is 14.9 Å². The molecule has 11 heteroatoms. The summed E-state index contributed by atoms with van der Waals surface area (Å²) in [7, 11) is -2.24. The number of halogens is 1. The van der Waals surface area contributed by atoms with E-state index in [0.29, 0.717) is 17.7 Å². The molecule has 0 aliphatic carbocycles. The van der Waals surface area contributed by atoms with E-state index in [1.54, 1.807) is 23.0 Å². The van der Waals surface area contributed by atoms with E-state index in [1.807, 2.05) is 22.7 Å². The number of anilines is 1. The van der Waals surface area contributed by atoms with E-state index in [4.69, 9.17) is 5.14 Å². The Kier molecular flexibility index (Phi) is 6.16. The van der Waals surface area contributed by atoms with Crippen molar-refractivity contribution in [3.05, 3.63) is 56.7 Å². The summed E-state index contributed by atoms with van der Waals surface area (Å²) in [4.78, 5) is 12.5. The van der Waals surface area contributed by atoms with Gasteiger partial charge in [0.15, 0.2) is 0 Å². The molecule has 0 spiro atoms. The molecular weight excluding hydrogens is 445 g/mol. The zero-order valence-electron chi connectivity index (χ0n) is 16.4. The summed E-state index contributed by atoms with van der Waals surface area (Å²) >= 11 is 3.10. The number of nitrogens with zero attached hydrogens (tertiary/aromatic N) is 4. The molecule has 0 unspecified atom stereocenters. The number of rotatable bonds is 7. The fourth-order valence-corrected chi connectivity index (χ4v) is 5.64. The Hall–Kier alpha value is -1.92. The standard InChI is InChI=1S/C19H22FN5O2S3/c1-24(15-2-4-25(9-15)10-19-22-3-5-29-19)17-8-16(20)18(30(21,26)27)7-13(17)6-14-11-28-12-23-14/h3,5,7-8,11-12,15H,2,4,6,9-10H2,1H3,(H2,21,26,27)/t15-/m0/s1. The number of hydrogen-bond acceptors (Lipinski definition) is 8. The van der Waals surface area contributed by atoms with Gasteiger partial charge in [-0.2, -0.15) is 0 Å². The first-order valence-corrected chi connectivity index (χ1v) is 12.7. The molecule has 1 saturated heterocycles. The summed E-state index contributed by atoms with van der Waals surface area (Å²) in [6, 6.07) is 2.81. The number of likely N-dealkylation sites (N-methyl/N-ethyl adjacent to an activating group) is 1. The van der Waals surface area contributed by atoms with Gasteiger partial charge in [0.2, 0.25) is 10.0 Å². The van der Waals surface area contributed by atoms with Gasteiger partial charge in [-0.15, -0.1) is 22.7 Å². The average molecular weight is 468 g/mol. The molecule has 2 aromatic heterocycles. The number of primary sulfonamides is 1. The van der Waals surface area contributed by atoms with Crippen LogP contribution in [0, 0.1) is 5.82 Å². The van der Waals surface area contributed by atoms with Gasteiger partial charge in [-0.05, 0) is 24.1 Å². The van der Waals surface area contributed by atoms with Crippen LogP contribution < -0.4 is 10.0 Å². The maximum absolute atomic E-state index is 14.7. The predicted octanol–water partition coefficient (Wildman–Crippen LogP) is 2.69. The monoisotopic (exact) mass is 467 g/mol. The van der Waals surface area contributed by atoms with Crippen molar-refractivity contribution in [3.8, 4) is 0 Å². The van der Waals surface area contributed by atoms with Crippen molar-refractivity contribution in [2.45, 2.75) is 30.3 Å². The van der Waals surface area contributed by atoms with Gasteiger partial charge in [-0.1, -0.05) is 0 Å². The fraction of sp³-hybridized carbons (Fsp3) is 0.368. The molecule has 1 aromatic carbocycles. The number of likely N-dealkylation sites (tertiary alicyclic amines) is 1. The van der Waals surface area contributed by atoms with Gasteiger partial charge in [0, 0.05) is 55.2 Å². The van der Waals surface area contributed by atoms with Crippen LogP contribution in [0.4, 0.5) is 10.1 Å². The number of aromatic nitrogens is 2. The van der Waals surface area contributed by atoms with Crippen molar-refractivity contribution >= 4 is 38.4 Å². The maximum atomic E-state index is 14.7. The lowest BCUT2D eigenvalue weighted by atomic mass is 10.1. The van der Waals surface area contributed by atoms with Crippen LogP contribution in [0.5, 0.6) is 0 Å². The molecule has 0 bridgehead atoms. The topological polar surface area (TPSA) is 92.4 Å². The Morgan fingerprint density at radius 1 is 1.37 bits per heavy atom. The maximum Gasteiger partial charge on any atom is 0.240 e. The van der Waals surface area contributed by atoms with E-state index >= 15 is 0 Å². The van der Waals surface area contributed by atoms with Crippen molar-refractivity contribution in [1.29, 1.82) is 0 Å². The van der Waals surface area contributed by atoms with Crippen LogP contribution in [0.25, 0.3) is 0 Å². The molecule has 4 rings (SSSR count). The van der Waals surface area contributed by atoms with Gasteiger partial charge in [-0.3, -0.25) is 4.90 Å². The summed E-state index contributed by atoms with van der Waals surface area (Å²) in [6.45, 7) is 2.55. The number of benzene rings is 1. The second-order valence-electron chi connectivity index (χ2n) is 7.33. The Bertz CT molecular complexity index is 1100. The third-order valence-electron chi connectivity index (χ3n) is 5.31. The van der Waals surface area contributed by atoms with Gasteiger partial charge in [0.05, 0.1) is 17.7 Å². The minimum absolute atomic E-state index is 0.180. The highest BCUT2D eigenvalue weighted by atomic mass is 32.2. The molecule has 0 amide bonds. The summed E-state index contributed by atoms with van der Waals surface area (Å²) in [5, 5.41) is 10.2. The van der Waals surface area contributed by atoms with Crippen LogP contribution in [0.15, 0.2) is 39.5 Å². The Morgan fingerprint density at radius 2 is 2.20 bits per heavy atom. The summed E-state index contributed by atoms with van der Waals surface area (Å²) in [5.74, 6) is -0.834. The molecule has 160 valence electrons. The lowest BCUT2D eigenvalue weighted by Crippen LogP contribution is -2.35. The SMILES string of the molecule is CN(c1cc(F)c(S(N)(=O)=O)cc1Cc1cscn1)[C@H]1CCN(Cc2nccs2)C1. The Morgan fingerprint density at radius 3 is 2.87 bits per heavy atom. The van der Waals surface area contributed by atoms with Gasteiger partial charge in [0.25, 0.3) is 0 Å². The third kappa shape index (κ3) is 4.70. The molecule has 0 saturated carbocycles. The molecule has 30 heavy (non-hydrogen) atoms. The van der Waals surface area contributed by atoms with Gasteiger partial charge in [0.1, 0.15) is 15.7 Å². The smallest absolute Gasteiger partial charge is 0.240 e. The molecule has 3 heterocycles. The van der Waals surface area contributed by atoms with Crippen molar-refractivity contribution in [2.75, 3.05) is 25.0 Å². The minimum atomic E-state index is -4.16. The highest BCUT2D eigenvalue weighted by Gasteiger charge is 2.29. The second-order valence-corrected chi connectivity index (χ2v) is 10.6. The van der Waals surface area contributed by atoms with E-state index in [0.717, 1.165) is 36.8 Å². The molecule has 1 aliphatic rings. The number of sulfonamides is 1. The fourth-order valence-electron chi connectivity index (χ4n) is 3.78. The molecule has 7 nitrogen and oxygen atoms in total. The highest BCUT2D eigenvalue weighted by molar-refractivity contribution is 7.89. The van der Waals surface area contributed by atoms with Crippen molar-refractivity contribution < 1.29 is 12.8 Å². The van der Waals surface area contributed by atoms with E-state index in [9.17, 15) is 12.8 Å². The third-order valence-corrected chi connectivity index (χ3v) is 7.64. The number of nitrogens with two attached hydrogens (primary N) is 1. The van der Waals surface area contributed by atoms with E-state index in [-0.39, 0.29) is 6.04 Å². The number of hydrogen-bond donors (Lipinski definition) is 1. The van der Waals surface area contributed by atoms with Crippen LogP contribution >= 0.6 is 22.7 Å². The van der Waals surface area contributed by atoms with E-state index < -0.39 is 20.7 Å². The zero-order valence-corrected chi connectivity index (χ0v) is 18.8.